The van der Waals surface area contributed by atoms with Gasteiger partial charge in [0, 0.05) is 0 Å². The van der Waals surface area contributed by atoms with Gasteiger partial charge in [-0.2, -0.15) is 4.68 Å². The zero-order chi connectivity index (χ0) is 10.8. The molecule has 0 fully saturated rings. The molecular weight excluding hydrogens is 200 g/mol. The summed E-state index contributed by atoms with van der Waals surface area (Å²) in [6, 6.07) is 0. The smallest absolute Gasteiger partial charge is 0.392 e. The summed E-state index contributed by atoms with van der Waals surface area (Å²) < 4.78 is 6.44. The first kappa shape index (κ1) is 9.38. The maximum atomic E-state index is 10.5. The van der Waals surface area contributed by atoms with Crippen molar-refractivity contribution in [3.8, 4) is 0 Å². The molecule has 7 nitrogen and oxygen atoms in total. The fraction of sp³-hybridized carbons (Fsp3) is 0.250. The highest BCUT2D eigenvalue weighted by Crippen LogP contribution is 2.14. The van der Waals surface area contributed by atoms with E-state index in [0.29, 0.717) is 18.0 Å². The van der Waals surface area contributed by atoms with Gasteiger partial charge < -0.3 is 14.5 Å². The summed E-state index contributed by atoms with van der Waals surface area (Å²) in [5.41, 5.74) is 0.520. The lowest BCUT2D eigenvalue weighted by Crippen LogP contribution is -2.01. The monoisotopic (exact) mass is 208 g/mol. The molecule has 78 valence electrons. The number of hydrogen-bond donors (Lipinski definition) is 0. The van der Waals surface area contributed by atoms with E-state index >= 15 is 0 Å². The summed E-state index contributed by atoms with van der Waals surface area (Å²) in [5.74, 6) is 0.328. The molecule has 0 aliphatic rings. The fourth-order valence-electron chi connectivity index (χ4n) is 1.24. The van der Waals surface area contributed by atoms with Crippen molar-refractivity contribution in [2.75, 3.05) is 0 Å². The van der Waals surface area contributed by atoms with Crippen molar-refractivity contribution in [1.82, 2.24) is 14.8 Å². The van der Waals surface area contributed by atoms with Gasteiger partial charge in [0.1, 0.15) is 12.8 Å². The second-order valence-electron chi connectivity index (χ2n) is 3.02. The molecule has 0 atom stereocenters. The third-order valence-electron chi connectivity index (χ3n) is 1.87. The Morgan fingerprint density at radius 2 is 2.47 bits per heavy atom. The second kappa shape index (κ2) is 3.52. The van der Waals surface area contributed by atoms with Crippen molar-refractivity contribution >= 4 is 5.82 Å². The molecule has 0 N–H and O–H groups in total. The molecule has 0 saturated carbocycles. The van der Waals surface area contributed by atoms with Crippen LogP contribution in [0.4, 0.5) is 5.82 Å². The van der Waals surface area contributed by atoms with Crippen molar-refractivity contribution in [2.24, 2.45) is 0 Å². The lowest BCUT2D eigenvalue weighted by Gasteiger charge is -1.89. The van der Waals surface area contributed by atoms with E-state index in [4.69, 9.17) is 4.42 Å². The van der Waals surface area contributed by atoms with E-state index in [9.17, 15) is 10.1 Å². The number of rotatable bonds is 3. The predicted molar refractivity (Wildman–Crippen MR) is 49.2 cm³/mol. The predicted octanol–water partition coefficient (Wildman–Crippen LogP) is 1.14. The van der Waals surface area contributed by atoms with Gasteiger partial charge in [0.15, 0.2) is 0 Å². The summed E-state index contributed by atoms with van der Waals surface area (Å²) in [5, 5.41) is 14.3. The normalized spacial score (nSPS) is 10.5. The molecule has 0 aromatic carbocycles. The van der Waals surface area contributed by atoms with Crippen molar-refractivity contribution in [2.45, 2.75) is 13.5 Å². The van der Waals surface area contributed by atoms with Gasteiger partial charge in [-0.05, 0) is 11.8 Å². The standard InChI is InChI=1S/C8H8N4O3/c1-6-4-11(10-8(6)12(13)14)5-7-9-2-3-15-7/h2-4H,5H2,1H3. The summed E-state index contributed by atoms with van der Waals surface area (Å²) in [6.07, 6.45) is 4.54. The van der Waals surface area contributed by atoms with E-state index in [2.05, 4.69) is 10.1 Å². The Hall–Kier alpha value is -2.18. The van der Waals surface area contributed by atoms with E-state index in [1.165, 1.54) is 17.1 Å². The molecule has 2 aromatic heterocycles. The molecule has 0 spiro atoms. The van der Waals surface area contributed by atoms with E-state index in [-0.39, 0.29) is 5.82 Å². The van der Waals surface area contributed by atoms with Crippen LogP contribution in [0.2, 0.25) is 0 Å². The fourth-order valence-corrected chi connectivity index (χ4v) is 1.24. The summed E-state index contributed by atoms with van der Waals surface area (Å²) in [7, 11) is 0. The van der Waals surface area contributed by atoms with Crippen molar-refractivity contribution in [3.05, 3.63) is 40.2 Å². The van der Waals surface area contributed by atoms with Gasteiger partial charge in [-0.25, -0.2) is 4.98 Å². The third kappa shape index (κ3) is 1.85. The Labute approximate surface area is 84.5 Å². The van der Waals surface area contributed by atoms with Gasteiger partial charge in [0.05, 0.1) is 23.1 Å². The SMILES string of the molecule is Cc1cn(Cc2ncco2)nc1[N+](=O)[O-]. The van der Waals surface area contributed by atoms with Crippen LogP contribution in [0.1, 0.15) is 11.5 Å². The van der Waals surface area contributed by atoms with Crippen LogP contribution >= 0.6 is 0 Å². The molecule has 0 radical (unpaired) electrons. The van der Waals surface area contributed by atoms with Gasteiger partial charge in [-0.15, -0.1) is 0 Å². The first-order chi connectivity index (χ1) is 7.16. The maximum absolute atomic E-state index is 10.5. The minimum absolute atomic E-state index is 0.137. The van der Waals surface area contributed by atoms with Crippen molar-refractivity contribution in [3.63, 3.8) is 0 Å². The average Bonchev–Trinajstić information content (AvgIpc) is 2.75. The molecule has 0 aliphatic carbocycles. The first-order valence-electron chi connectivity index (χ1n) is 4.23. The largest absolute Gasteiger partial charge is 0.447 e. The molecule has 15 heavy (non-hydrogen) atoms. The van der Waals surface area contributed by atoms with Crippen LogP contribution in [0.5, 0.6) is 0 Å². The average molecular weight is 208 g/mol. The molecule has 0 bridgehead atoms. The zero-order valence-electron chi connectivity index (χ0n) is 7.95. The molecule has 2 heterocycles. The molecule has 0 unspecified atom stereocenters. The highest BCUT2D eigenvalue weighted by atomic mass is 16.6. The van der Waals surface area contributed by atoms with Gasteiger partial charge >= 0.3 is 5.82 Å². The highest BCUT2D eigenvalue weighted by Gasteiger charge is 2.17. The van der Waals surface area contributed by atoms with Crippen molar-refractivity contribution < 1.29 is 9.34 Å². The number of aromatic nitrogens is 3. The van der Waals surface area contributed by atoms with E-state index in [0.717, 1.165) is 0 Å². The number of oxazole rings is 1. The van der Waals surface area contributed by atoms with E-state index in [1.54, 1.807) is 13.1 Å². The van der Waals surface area contributed by atoms with Crippen LogP contribution in [0.3, 0.4) is 0 Å². The van der Waals surface area contributed by atoms with Crippen LogP contribution in [0.15, 0.2) is 23.1 Å². The molecule has 0 aliphatic heterocycles. The summed E-state index contributed by atoms with van der Waals surface area (Å²) in [4.78, 5) is 13.9. The van der Waals surface area contributed by atoms with Crippen LogP contribution in [0, 0.1) is 17.0 Å². The van der Waals surface area contributed by atoms with Crippen molar-refractivity contribution in [1.29, 1.82) is 0 Å². The summed E-state index contributed by atoms with van der Waals surface area (Å²) in [6.45, 7) is 1.93. The molecule has 2 rings (SSSR count). The minimum atomic E-state index is -0.513. The first-order valence-corrected chi connectivity index (χ1v) is 4.23. The Morgan fingerprint density at radius 3 is 3.00 bits per heavy atom. The lowest BCUT2D eigenvalue weighted by molar-refractivity contribution is -0.390. The quantitative estimate of drug-likeness (QED) is 0.557. The molecule has 2 aromatic rings. The Morgan fingerprint density at radius 1 is 1.67 bits per heavy atom. The topological polar surface area (TPSA) is 87.0 Å². The van der Waals surface area contributed by atoms with Crippen LogP contribution in [-0.4, -0.2) is 19.7 Å². The van der Waals surface area contributed by atoms with E-state index in [1.807, 2.05) is 0 Å². The molecular formula is C8H8N4O3. The Kier molecular flexibility index (Phi) is 2.20. The molecule has 7 heteroatoms. The maximum Gasteiger partial charge on any atom is 0.392 e. The number of nitro groups is 1. The van der Waals surface area contributed by atoms with E-state index < -0.39 is 4.92 Å². The molecule has 0 saturated heterocycles. The highest BCUT2D eigenvalue weighted by molar-refractivity contribution is 5.28. The number of hydrogen-bond acceptors (Lipinski definition) is 5. The third-order valence-corrected chi connectivity index (χ3v) is 1.87. The number of nitrogens with zero attached hydrogens (tertiary/aromatic N) is 4. The number of aryl methyl sites for hydroxylation is 1. The van der Waals surface area contributed by atoms with Crippen LogP contribution in [0.25, 0.3) is 0 Å². The van der Waals surface area contributed by atoms with Gasteiger partial charge in [0.25, 0.3) is 0 Å². The van der Waals surface area contributed by atoms with Gasteiger partial charge in [0.2, 0.25) is 5.89 Å². The minimum Gasteiger partial charge on any atom is -0.447 e. The lowest BCUT2D eigenvalue weighted by atomic mass is 10.4. The Balaban J connectivity index is 2.23. The molecule has 0 amide bonds. The van der Waals surface area contributed by atoms with Gasteiger partial charge in [-0.1, -0.05) is 0 Å². The van der Waals surface area contributed by atoms with Gasteiger partial charge in [-0.3, -0.25) is 0 Å². The summed E-state index contributed by atoms with van der Waals surface area (Å²) >= 11 is 0. The Bertz CT molecular complexity index is 474. The van der Waals surface area contributed by atoms with Crippen LogP contribution < -0.4 is 0 Å². The zero-order valence-corrected chi connectivity index (χ0v) is 7.95. The van der Waals surface area contributed by atoms with Crippen LogP contribution in [-0.2, 0) is 6.54 Å². The second-order valence-corrected chi connectivity index (χ2v) is 3.02.